The second kappa shape index (κ2) is 5.19. The molecule has 3 N–H and O–H groups in total. The van der Waals surface area contributed by atoms with Gasteiger partial charge < -0.3 is 20.1 Å². The molecule has 0 unspecified atom stereocenters. The summed E-state index contributed by atoms with van der Waals surface area (Å²) in [6, 6.07) is 5.41. The monoisotopic (exact) mass is 293 g/mol. The number of nitrogens with zero attached hydrogens (tertiary/aromatic N) is 1. The zero-order valence-electron chi connectivity index (χ0n) is 11.0. The third kappa shape index (κ3) is 2.06. The van der Waals surface area contributed by atoms with Crippen molar-refractivity contribution in [2.75, 3.05) is 13.2 Å². The number of carbonyl (C=O) groups is 2. The van der Waals surface area contributed by atoms with Crippen molar-refractivity contribution >= 4 is 11.8 Å². The fourth-order valence-corrected chi connectivity index (χ4v) is 2.76. The Labute approximate surface area is 120 Å². The lowest BCUT2D eigenvalue weighted by atomic mass is 9.97. The Morgan fingerprint density at radius 3 is 2.19 bits per heavy atom. The van der Waals surface area contributed by atoms with E-state index in [1.54, 1.807) is 24.3 Å². The van der Waals surface area contributed by atoms with Crippen molar-refractivity contribution in [3.63, 3.8) is 0 Å². The molecule has 1 aromatic rings. The zero-order valence-corrected chi connectivity index (χ0v) is 11.0. The van der Waals surface area contributed by atoms with E-state index in [2.05, 4.69) is 0 Å². The van der Waals surface area contributed by atoms with Crippen LogP contribution in [0.25, 0.3) is 0 Å². The average Bonchev–Trinajstić information content (AvgIpc) is 2.75. The van der Waals surface area contributed by atoms with E-state index < -0.39 is 42.8 Å². The summed E-state index contributed by atoms with van der Waals surface area (Å²) in [4.78, 5) is 25.6. The lowest BCUT2D eigenvalue weighted by Gasteiger charge is -2.40. The van der Waals surface area contributed by atoms with E-state index in [-0.39, 0.29) is 17.7 Å². The molecule has 2 aliphatic rings. The quantitative estimate of drug-likeness (QED) is 0.589. The molecule has 1 aromatic carbocycles. The minimum atomic E-state index is -1.36. The van der Waals surface area contributed by atoms with Gasteiger partial charge in [0.05, 0.1) is 30.4 Å². The molecular weight excluding hydrogens is 278 g/mol. The molecule has 7 heteroatoms. The van der Waals surface area contributed by atoms with Gasteiger partial charge in [-0.2, -0.15) is 0 Å². The smallest absolute Gasteiger partial charge is 0.261 e. The molecule has 0 saturated carbocycles. The minimum absolute atomic E-state index is 0.130. The van der Waals surface area contributed by atoms with E-state index in [0.717, 1.165) is 4.90 Å². The lowest BCUT2D eigenvalue weighted by molar-refractivity contribution is -0.171. The molecule has 2 heterocycles. The van der Waals surface area contributed by atoms with Gasteiger partial charge in [-0.1, -0.05) is 12.1 Å². The number of carbonyl (C=O) groups excluding carboxylic acids is 2. The van der Waals surface area contributed by atoms with Gasteiger partial charge in [-0.25, -0.2) is 0 Å². The molecule has 2 aliphatic heterocycles. The van der Waals surface area contributed by atoms with Gasteiger partial charge in [0.15, 0.2) is 0 Å². The molecule has 112 valence electrons. The van der Waals surface area contributed by atoms with Gasteiger partial charge in [0.1, 0.15) is 18.3 Å². The van der Waals surface area contributed by atoms with Crippen LogP contribution in [0, 0.1) is 0 Å². The first-order valence-electron chi connectivity index (χ1n) is 6.61. The van der Waals surface area contributed by atoms with Crippen LogP contribution in [0.15, 0.2) is 24.3 Å². The maximum absolute atomic E-state index is 12.3. The van der Waals surface area contributed by atoms with Crippen LogP contribution in [0.4, 0.5) is 0 Å². The third-order valence-corrected chi connectivity index (χ3v) is 3.94. The number of rotatable bonds is 2. The summed E-state index contributed by atoms with van der Waals surface area (Å²) in [5.74, 6) is -1.03. The van der Waals surface area contributed by atoms with Gasteiger partial charge >= 0.3 is 0 Å². The van der Waals surface area contributed by atoms with E-state index >= 15 is 0 Å². The van der Waals surface area contributed by atoms with E-state index in [0.29, 0.717) is 0 Å². The molecule has 4 atom stereocenters. The van der Waals surface area contributed by atoms with E-state index in [4.69, 9.17) is 9.84 Å². The van der Waals surface area contributed by atoms with Gasteiger partial charge in [-0.15, -0.1) is 0 Å². The number of imide groups is 1. The number of amides is 2. The molecule has 0 bridgehead atoms. The van der Waals surface area contributed by atoms with Crippen LogP contribution >= 0.6 is 0 Å². The Balaban J connectivity index is 1.89. The van der Waals surface area contributed by atoms with Gasteiger partial charge in [0, 0.05) is 0 Å². The minimum Gasteiger partial charge on any atom is -0.394 e. The van der Waals surface area contributed by atoms with Crippen molar-refractivity contribution in [2.24, 2.45) is 0 Å². The maximum atomic E-state index is 12.3. The van der Waals surface area contributed by atoms with E-state index in [9.17, 15) is 19.8 Å². The topological polar surface area (TPSA) is 107 Å². The van der Waals surface area contributed by atoms with Crippen molar-refractivity contribution in [2.45, 2.75) is 24.4 Å². The Hall–Kier alpha value is -1.80. The van der Waals surface area contributed by atoms with Gasteiger partial charge in [-0.3, -0.25) is 14.5 Å². The molecule has 3 rings (SSSR count). The summed E-state index contributed by atoms with van der Waals surface area (Å²) in [6.07, 6.45) is -3.65. The largest absolute Gasteiger partial charge is 0.394 e. The van der Waals surface area contributed by atoms with Crippen LogP contribution in [-0.2, 0) is 4.74 Å². The van der Waals surface area contributed by atoms with Gasteiger partial charge in [0.2, 0.25) is 0 Å². The van der Waals surface area contributed by atoms with Crippen molar-refractivity contribution in [1.82, 2.24) is 4.90 Å². The Kier molecular flexibility index (Phi) is 3.50. The second-order valence-corrected chi connectivity index (χ2v) is 5.13. The summed E-state index contributed by atoms with van der Waals surface area (Å²) in [5.41, 5.74) is 0.543. The number of ether oxygens (including phenoxy) is 1. The van der Waals surface area contributed by atoms with Gasteiger partial charge in [0.25, 0.3) is 11.8 Å². The fraction of sp³-hybridized carbons (Fsp3) is 0.429. The molecule has 7 nitrogen and oxygen atoms in total. The first kappa shape index (κ1) is 14.2. The number of fused-ring (bicyclic) bond motifs is 1. The molecule has 0 aromatic heterocycles. The van der Waals surface area contributed by atoms with Crippen molar-refractivity contribution < 1.29 is 29.6 Å². The van der Waals surface area contributed by atoms with Crippen molar-refractivity contribution in [1.29, 1.82) is 0 Å². The van der Waals surface area contributed by atoms with Crippen LogP contribution in [0.2, 0.25) is 0 Å². The summed E-state index contributed by atoms with van der Waals surface area (Å²) in [7, 11) is 0. The zero-order chi connectivity index (χ0) is 15.1. The number of hydrogen-bond donors (Lipinski definition) is 3. The number of aliphatic hydroxyl groups is 3. The SMILES string of the molecule is O=C1c2ccccc2C(=O)N1[C@@H]1CO[C@H](CO)[C@@H](O)[C@@H]1O. The number of benzene rings is 1. The second-order valence-electron chi connectivity index (χ2n) is 5.13. The molecule has 21 heavy (non-hydrogen) atoms. The summed E-state index contributed by atoms with van der Waals surface area (Å²) < 4.78 is 5.22. The predicted molar refractivity (Wildman–Crippen MR) is 69.6 cm³/mol. The highest BCUT2D eigenvalue weighted by atomic mass is 16.5. The standard InChI is InChI=1S/C14H15NO6/c16-5-10-12(18)11(17)9(6-21-10)15-13(19)7-3-1-2-4-8(7)14(15)20/h1-4,9-12,16-18H,5-6H2/t9-,10-,11-,12-/m1/s1. The molecule has 0 aliphatic carbocycles. The molecular formula is C14H15NO6. The highest BCUT2D eigenvalue weighted by Gasteiger charge is 2.48. The third-order valence-electron chi connectivity index (χ3n) is 3.94. The van der Waals surface area contributed by atoms with Gasteiger partial charge in [-0.05, 0) is 12.1 Å². The molecule has 1 saturated heterocycles. The van der Waals surface area contributed by atoms with Crippen molar-refractivity contribution in [3.05, 3.63) is 35.4 Å². The molecule has 0 spiro atoms. The fourth-order valence-electron chi connectivity index (χ4n) is 2.76. The Morgan fingerprint density at radius 2 is 1.67 bits per heavy atom. The number of hydrogen-bond acceptors (Lipinski definition) is 6. The van der Waals surface area contributed by atoms with Crippen LogP contribution in [0.5, 0.6) is 0 Å². The normalized spacial score (nSPS) is 32.4. The molecule has 2 amide bonds. The predicted octanol–water partition coefficient (Wildman–Crippen LogP) is -1.24. The van der Waals surface area contributed by atoms with Crippen molar-refractivity contribution in [3.8, 4) is 0 Å². The highest BCUT2D eigenvalue weighted by molar-refractivity contribution is 6.21. The first-order valence-corrected chi connectivity index (χ1v) is 6.61. The van der Waals surface area contributed by atoms with Crippen LogP contribution in [0.3, 0.4) is 0 Å². The Bertz CT molecular complexity index is 554. The highest BCUT2D eigenvalue weighted by Crippen LogP contribution is 2.28. The van der Waals surface area contributed by atoms with Crippen LogP contribution in [0.1, 0.15) is 20.7 Å². The summed E-state index contributed by atoms with van der Waals surface area (Å²) in [5, 5.41) is 29.0. The van der Waals surface area contributed by atoms with Crippen LogP contribution in [-0.4, -0.2) is 69.6 Å². The summed E-state index contributed by atoms with van der Waals surface area (Å²) >= 11 is 0. The van der Waals surface area contributed by atoms with Crippen LogP contribution < -0.4 is 0 Å². The first-order chi connectivity index (χ1) is 10.1. The summed E-state index contributed by atoms with van der Waals surface area (Å²) in [6.45, 7) is -0.581. The molecule has 0 radical (unpaired) electrons. The Morgan fingerprint density at radius 1 is 1.10 bits per heavy atom. The average molecular weight is 293 g/mol. The molecule has 1 fully saturated rings. The van der Waals surface area contributed by atoms with E-state index in [1.165, 1.54) is 0 Å². The maximum Gasteiger partial charge on any atom is 0.261 e. The lowest BCUT2D eigenvalue weighted by Crippen LogP contribution is -2.61. The number of aliphatic hydroxyl groups excluding tert-OH is 3. The van der Waals surface area contributed by atoms with E-state index in [1.807, 2.05) is 0 Å².